The van der Waals surface area contributed by atoms with Crippen LogP contribution in [0.25, 0.3) is 11.1 Å². The van der Waals surface area contributed by atoms with Crippen molar-refractivity contribution in [3.8, 4) is 11.1 Å². The minimum Gasteiger partial charge on any atom is -0.319 e. The van der Waals surface area contributed by atoms with Crippen LogP contribution in [0.1, 0.15) is 20.7 Å². The van der Waals surface area contributed by atoms with Crippen LogP contribution in [0.2, 0.25) is 0 Å². The zero-order valence-electron chi connectivity index (χ0n) is 17.9. The molecule has 0 atom stereocenters. The molecule has 4 rings (SSSR count). The molecule has 0 radical (unpaired) electrons. The van der Waals surface area contributed by atoms with E-state index in [2.05, 4.69) is 5.32 Å². The highest BCUT2D eigenvalue weighted by Gasteiger charge is 2.16. The van der Waals surface area contributed by atoms with Crippen LogP contribution in [-0.4, -0.2) is 11.0 Å². The van der Waals surface area contributed by atoms with Crippen LogP contribution >= 0.6 is 11.8 Å². The fourth-order valence-corrected chi connectivity index (χ4v) is 4.12. The lowest BCUT2D eigenvalue weighted by Gasteiger charge is -2.07. The Morgan fingerprint density at radius 3 is 2.12 bits per heavy atom. The first kappa shape index (κ1) is 22.9. The lowest BCUT2D eigenvalue weighted by atomic mass is 10.0. The molecule has 0 aliphatic rings. The van der Waals surface area contributed by atoms with Gasteiger partial charge >= 0.3 is 0 Å². The van der Waals surface area contributed by atoms with Gasteiger partial charge in [0.2, 0.25) is 10.5 Å². The van der Waals surface area contributed by atoms with Crippen LogP contribution in [0.4, 0.5) is 5.69 Å². The zero-order valence-corrected chi connectivity index (χ0v) is 18.8. The van der Waals surface area contributed by atoms with Gasteiger partial charge < -0.3 is 5.32 Å². The predicted octanol–water partition coefficient (Wildman–Crippen LogP) is 5.26. The highest BCUT2D eigenvalue weighted by atomic mass is 32.2. The number of carbonyl (C=O) groups is 2. The minimum atomic E-state index is -0.392. The molecule has 34 heavy (non-hydrogen) atoms. The van der Waals surface area contributed by atoms with Crippen molar-refractivity contribution in [2.45, 2.75) is 4.90 Å². The molecule has 0 unspecified atom stereocenters. The average Bonchev–Trinajstić information content (AvgIpc) is 3.17. The number of benzene rings is 2. The standard InChI is InChI=1S/C28H19NO4S/c30-24-16-5-2-6-17-26(24)34-28(33)22-14-8-7-13-21(22)20-12-9-15-23(25(31)18-20)29-27(32)19-10-3-1-4-11-19/h1-18H,(H,29,31,32). The van der Waals surface area contributed by atoms with Gasteiger partial charge in [-0.05, 0) is 65.4 Å². The van der Waals surface area contributed by atoms with Crippen molar-refractivity contribution in [3.05, 3.63) is 141 Å². The lowest BCUT2D eigenvalue weighted by molar-refractivity contribution is 0.102. The third kappa shape index (κ3) is 5.36. The van der Waals surface area contributed by atoms with Crippen LogP contribution in [0, 0.1) is 0 Å². The number of nitrogens with one attached hydrogen (secondary N) is 1. The van der Waals surface area contributed by atoms with Crippen molar-refractivity contribution in [1.29, 1.82) is 0 Å². The first-order chi connectivity index (χ1) is 16.5. The van der Waals surface area contributed by atoms with Crippen LogP contribution in [0.5, 0.6) is 0 Å². The summed E-state index contributed by atoms with van der Waals surface area (Å²) in [5, 5.41) is 2.34. The summed E-state index contributed by atoms with van der Waals surface area (Å²) < 4.78 is 0. The molecular formula is C28H19NO4S. The molecule has 0 aliphatic heterocycles. The molecule has 166 valence electrons. The minimum absolute atomic E-state index is 0.131. The summed E-state index contributed by atoms with van der Waals surface area (Å²) in [4.78, 5) is 51.0. The van der Waals surface area contributed by atoms with Crippen molar-refractivity contribution in [3.63, 3.8) is 0 Å². The van der Waals surface area contributed by atoms with Crippen LogP contribution in [-0.2, 0) is 0 Å². The molecule has 1 amide bonds. The van der Waals surface area contributed by atoms with E-state index in [1.165, 1.54) is 18.2 Å². The summed E-state index contributed by atoms with van der Waals surface area (Å²) in [6.45, 7) is 0. The molecule has 0 heterocycles. The van der Waals surface area contributed by atoms with E-state index in [1.54, 1.807) is 91.0 Å². The van der Waals surface area contributed by atoms with Crippen molar-refractivity contribution in [2.75, 3.05) is 5.32 Å². The van der Waals surface area contributed by atoms with E-state index < -0.39 is 5.43 Å². The lowest BCUT2D eigenvalue weighted by Crippen LogP contribution is -2.16. The molecule has 6 heteroatoms. The molecule has 0 aromatic heterocycles. The molecule has 0 fully saturated rings. The Kier molecular flexibility index (Phi) is 7.10. The highest BCUT2D eigenvalue weighted by molar-refractivity contribution is 8.14. The molecule has 4 aromatic rings. The first-order valence-electron chi connectivity index (χ1n) is 10.4. The third-order valence-electron chi connectivity index (χ3n) is 5.00. The molecular weight excluding hydrogens is 446 g/mol. The second-order valence-electron chi connectivity index (χ2n) is 7.30. The van der Waals surface area contributed by atoms with Gasteiger partial charge in [0.1, 0.15) is 0 Å². The highest BCUT2D eigenvalue weighted by Crippen LogP contribution is 2.28. The summed E-state index contributed by atoms with van der Waals surface area (Å²) in [5.41, 5.74) is 1.39. The zero-order chi connectivity index (χ0) is 23.9. The maximum absolute atomic E-state index is 13.1. The molecule has 0 bridgehead atoms. The van der Waals surface area contributed by atoms with Crippen molar-refractivity contribution in [2.24, 2.45) is 0 Å². The first-order valence-corrected chi connectivity index (χ1v) is 11.3. The van der Waals surface area contributed by atoms with E-state index in [1.807, 2.05) is 0 Å². The SMILES string of the molecule is O=C(Nc1cccc(-c2ccccc2C(=O)Sc2cccccc2=O)cc1=O)c1ccccc1. The number of hydrogen-bond donors (Lipinski definition) is 1. The molecule has 4 aromatic carbocycles. The Morgan fingerprint density at radius 2 is 1.32 bits per heavy atom. The topological polar surface area (TPSA) is 80.3 Å². The quantitative estimate of drug-likeness (QED) is 0.407. The van der Waals surface area contributed by atoms with Gasteiger partial charge in [0, 0.05) is 11.1 Å². The Balaban J connectivity index is 1.66. The average molecular weight is 466 g/mol. The maximum atomic E-state index is 13.1. The van der Waals surface area contributed by atoms with Crippen LogP contribution in [0.3, 0.4) is 0 Å². The van der Waals surface area contributed by atoms with Gasteiger partial charge in [0.05, 0.1) is 10.6 Å². The second kappa shape index (κ2) is 10.6. The largest absolute Gasteiger partial charge is 0.319 e. The summed E-state index contributed by atoms with van der Waals surface area (Å²) in [5.74, 6) is -0.387. The smallest absolute Gasteiger partial charge is 0.255 e. The van der Waals surface area contributed by atoms with Gasteiger partial charge in [0.15, 0.2) is 5.43 Å². The molecule has 0 saturated carbocycles. The monoisotopic (exact) mass is 465 g/mol. The Hall–Kier alpha value is -4.29. The maximum Gasteiger partial charge on any atom is 0.255 e. The van der Waals surface area contributed by atoms with Gasteiger partial charge in [-0.15, -0.1) is 0 Å². The fourth-order valence-electron chi connectivity index (χ4n) is 3.32. The van der Waals surface area contributed by atoms with E-state index >= 15 is 0 Å². The molecule has 0 aliphatic carbocycles. The Morgan fingerprint density at radius 1 is 0.647 bits per heavy atom. The van der Waals surface area contributed by atoms with Crippen molar-refractivity contribution >= 4 is 28.5 Å². The normalized spacial score (nSPS) is 10.4. The van der Waals surface area contributed by atoms with Gasteiger partial charge in [-0.2, -0.15) is 0 Å². The van der Waals surface area contributed by atoms with E-state index in [0.717, 1.165) is 11.8 Å². The fraction of sp³-hybridized carbons (Fsp3) is 0. The second-order valence-corrected chi connectivity index (χ2v) is 8.31. The molecule has 0 spiro atoms. The van der Waals surface area contributed by atoms with E-state index in [0.29, 0.717) is 27.1 Å². The molecule has 0 saturated heterocycles. The number of anilines is 1. The van der Waals surface area contributed by atoms with E-state index in [4.69, 9.17) is 0 Å². The van der Waals surface area contributed by atoms with Crippen molar-refractivity contribution < 1.29 is 9.59 Å². The van der Waals surface area contributed by atoms with Gasteiger partial charge in [-0.3, -0.25) is 19.2 Å². The predicted molar refractivity (Wildman–Crippen MR) is 135 cm³/mol. The number of amides is 1. The van der Waals surface area contributed by atoms with Crippen molar-refractivity contribution in [1.82, 2.24) is 0 Å². The molecule has 1 N–H and O–H groups in total. The Labute approximate surface area is 200 Å². The van der Waals surface area contributed by atoms with Gasteiger partial charge in [0.25, 0.3) is 5.91 Å². The summed E-state index contributed by atoms with van der Waals surface area (Å²) in [7, 11) is 0. The number of hydrogen-bond acceptors (Lipinski definition) is 5. The Bertz CT molecular complexity index is 1490. The summed E-state index contributed by atoms with van der Waals surface area (Å²) in [6, 6.07) is 29.9. The van der Waals surface area contributed by atoms with Gasteiger partial charge in [-0.1, -0.05) is 66.7 Å². The van der Waals surface area contributed by atoms with Crippen LogP contribution in [0.15, 0.2) is 124 Å². The molecule has 5 nitrogen and oxygen atoms in total. The van der Waals surface area contributed by atoms with E-state index in [9.17, 15) is 19.2 Å². The van der Waals surface area contributed by atoms with Crippen LogP contribution < -0.4 is 16.2 Å². The number of carbonyl (C=O) groups excluding carboxylic acids is 2. The summed E-state index contributed by atoms with van der Waals surface area (Å²) >= 11 is 0.850. The van der Waals surface area contributed by atoms with Gasteiger partial charge in [-0.25, -0.2) is 0 Å². The van der Waals surface area contributed by atoms with E-state index in [-0.39, 0.29) is 22.1 Å². The third-order valence-corrected chi connectivity index (χ3v) is 5.96. The number of rotatable bonds is 5. The number of thioether (sulfide) groups is 1. The summed E-state index contributed by atoms with van der Waals surface area (Å²) in [6.07, 6.45) is 0.